The molecule has 0 fully saturated rings. The van der Waals surface area contributed by atoms with Gasteiger partial charge in [0.2, 0.25) is 4.58 Å². The van der Waals surface area contributed by atoms with Crippen molar-refractivity contribution in [2.75, 3.05) is 13.2 Å². The molecule has 0 radical (unpaired) electrons. The fourth-order valence-corrected chi connectivity index (χ4v) is 3.55. The minimum Gasteiger partial charge on any atom is -0.269 e. The van der Waals surface area contributed by atoms with E-state index in [0.29, 0.717) is 12.8 Å². The highest BCUT2D eigenvalue weighted by Crippen LogP contribution is 2.14. The molecule has 0 amide bonds. The topological polar surface area (TPSA) is 86.7 Å². The minimum atomic E-state index is -4.14. The minimum absolute atomic E-state index is 0.00630. The van der Waals surface area contributed by atoms with Gasteiger partial charge < -0.3 is 0 Å². The zero-order valence-electron chi connectivity index (χ0n) is 11.1. The lowest BCUT2D eigenvalue weighted by atomic mass is 10.4. The summed E-state index contributed by atoms with van der Waals surface area (Å²) in [5, 5.41) is 0. The molecule has 18 heavy (non-hydrogen) atoms. The Morgan fingerprint density at radius 1 is 0.833 bits per heavy atom. The van der Waals surface area contributed by atoms with Crippen LogP contribution in [0.1, 0.15) is 46.5 Å². The van der Waals surface area contributed by atoms with Gasteiger partial charge in [-0.3, -0.25) is 8.37 Å². The van der Waals surface area contributed by atoms with Gasteiger partial charge in [0, 0.05) is 0 Å². The Morgan fingerprint density at radius 2 is 1.17 bits per heavy atom. The van der Waals surface area contributed by atoms with E-state index in [-0.39, 0.29) is 13.2 Å². The van der Waals surface area contributed by atoms with Crippen LogP contribution < -0.4 is 0 Å². The van der Waals surface area contributed by atoms with Gasteiger partial charge in [-0.15, -0.1) is 0 Å². The number of rotatable bonds is 10. The van der Waals surface area contributed by atoms with E-state index in [9.17, 15) is 16.8 Å². The molecule has 0 aromatic rings. The number of unbranched alkanes of at least 4 members (excludes halogenated alkanes) is 2. The third-order valence-corrected chi connectivity index (χ3v) is 6.33. The Hall–Kier alpha value is -0.180. The zero-order chi connectivity index (χ0) is 14.2. The lowest BCUT2D eigenvalue weighted by Gasteiger charge is -2.13. The molecule has 0 aromatic carbocycles. The molecule has 0 aliphatic heterocycles. The van der Waals surface area contributed by atoms with Crippen molar-refractivity contribution >= 4 is 20.2 Å². The first kappa shape index (κ1) is 17.8. The molecular weight excluding hydrogens is 280 g/mol. The molecule has 0 atom stereocenters. The second kappa shape index (κ2) is 8.08. The Morgan fingerprint density at radius 3 is 1.44 bits per heavy atom. The summed E-state index contributed by atoms with van der Waals surface area (Å²) in [4.78, 5) is 0. The van der Waals surface area contributed by atoms with E-state index in [1.54, 1.807) is 0 Å². The first-order chi connectivity index (χ1) is 8.28. The van der Waals surface area contributed by atoms with E-state index in [1.807, 2.05) is 13.8 Å². The van der Waals surface area contributed by atoms with Crippen molar-refractivity contribution in [2.45, 2.75) is 51.0 Å². The maximum atomic E-state index is 11.6. The molecule has 0 aromatic heterocycles. The van der Waals surface area contributed by atoms with Crippen LogP contribution in [0.5, 0.6) is 0 Å². The smallest absolute Gasteiger partial charge is 0.269 e. The summed E-state index contributed by atoms with van der Waals surface area (Å²) in [7, 11) is -8.28. The Balaban J connectivity index is 4.55. The third-order valence-electron chi connectivity index (χ3n) is 2.30. The molecule has 110 valence electrons. The lowest BCUT2D eigenvalue weighted by Crippen LogP contribution is -2.31. The van der Waals surface area contributed by atoms with E-state index in [2.05, 4.69) is 8.37 Å². The van der Waals surface area contributed by atoms with Crippen LogP contribution in [0.4, 0.5) is 0 Å². The van der Waals surface area contributed by atoms with Crippen LogP contribution in [0.3, 0.4) is 0 Å². The fourth-order valence-electron chi connectivity index (χ4n) is 0.975. The average molecular weight is 302 g/mol. The standard InChI is InChI=1S/C10H22O6S2/c1-4-6-8-15-17(11,12)10(3)18(13,14)16-9-7-5-2/h10H,4-9H2,1-3H3. The van der Waals surface area contributed by atoms with E-state index in [4.69, 9.17) is 0 Å². The van der Waals surface area contributed by atoms with Crippen LogP contribution in [0.2, 0.25) is 0 Å². The quantitative estimate of drug-likeness (QED) is 0.450. The van der Waals surface area contributed by atoms with Crippen molar-refractivity contribution in [2.24, 2.45) is 0 Å². The van der Waals surface area contributed by atoms with E-state index in [0.717, 1.165) is 19.8 Å². The van der Waals surface area contributed by atoms with Gasteiger partial charge >= 0.3 is 0 Å². The van der Waals surface area contributed by atoms with Crippen LogP contribution in [-0.2, 0) is 28.6 Å². The van der Waals surface area contributed by atoms with Crippen LogP contribution in [0.25, 0.3) is 0 Å². The molecule has 0 aliphatic carbocycles. The van der Waals surface area contributed by atoms with Crippen molar-refractivity contribution < 1.29 is 25.2 Å². The van der Waals surface area contributed by atoms with Crippen molar-refractivity contribution in [3.63, 3.8) is 0 Å². The maximum Gasteiger partial charge on any atom is 0.287 e. The molecular formula is C10H22O6S2. The van der Waals surface area contributed by atoms with Crippen molar-refractivity contribution in [3.8, 4) is 0 Å². The van der Waals surface area contributed by atoms with Crippen LogP contribution in [0, 0.1) is 0 Å². The maximum absolute atomic E-state index is 11.6. The Bertz CT molecular complexity index is 372. The van der Waals surface area contributed by atoms with Crippen LogP contribution in [0.15, 0.2) is 0 Å². The molecule has 0 bridgehead atoms. The van der Waals surface area contributed by atoms with Gasteiger partial charge in [0.25, 0.3) is 20.2 Å². The summed E-state index contributed by atoms with van der Waals surface area (Å²) in [5.41, 5.74) is 0. The van der Waals surface area contributed by atoms with Gasteiger partial charge in [0.05, 0.1) is 13.2 Å². The van der Waals surface area contributed by atoms with Gasteiger partial charge in [-0.05, 0) is 19.8 Å². The SMILES string of the molecule is CCCCOS(=O)(=O)C(C)S(=O)(=O)OCCCC. The Labute approximate surface area is 110 Å². The van der Waals surface area contributed by atoms with Gasteiger partial charge in [-0.2, -0.15) is 16.8 Å². The monoisotopic (exact) mass is 302 g/mol. The van der Waals surface area contributed by atoms with Crippen LogP contribution in [-0.4, -0.2) is 34.6 Å². The highest BCUT2D eigenvalue weighted by atomic mass is 32.3. The van der Waals surface area contributed by atoms with Gasteiger partial charge in [-0.25, -0.2) is 0 Å². The largest absolute Gasteiger partial charge is 0.287 e. The fraction of sp³-hybridized carbons (Fsp3) is 1.00. The van der Waals surface area contributed by atoms with Gasteiger partial charge in [0.15, 0.2) is 0 Å². The molecule has 0 spiro atoms. The average Bonchev–Trinajstić information content (AvgIpc) is 2.28. The third kappa shape index (κ3) is 6.12. The summed E-state index contributed by atoms with van der Waals surface area (Å²) in [6.45, 7) is 4.80. The first-order valence-electron chi connectivity index (χ1n) is 6.04. The molecule has 0 N–H and O–H groups in total. The van der Waals surface area contributed by atoms with Crippen molar-refractivity contribution in [1.29, 1.82) is 0 Å². The number of hydrogen-bond acceptors (Lipinski definition) is 6. The van der Waals surface area contributed by atoms with E-state index in [1.165, 1.54) is 0 Å². The lowest BCUT2D eigenvalue weighted by molar-refractivity contribution is 0.296. The van der Waals surface area contributed by atoms with Crippen molar-refractivity contribution in [1.82, 2.24) is 0 Å². The van der Waals surface area contributed by atoms with Gasteiger partial charge in [-0.1, -0.05) is 26.7 Å². The summed E-state index contributed by atoms with van der Waals surface area (Å²) < 4.78 is 54.0. The molecule has 0 heterocycles. The molecule has 8 heteroatoms. The molecule has 0 saturated carbocycles. The van der Waals surface area contributed by atoms with Gasteiger partial charge in [0.1, 0.15) is 0 Å². The molecule has 0 saturated heterocycles. The zero-order valence-corrected chi connectivity index (χ0v) is 12.7. The van der Waals surface area contributed by atoms with Crippen LogP contribution >= 0.6 is 0 Å². The highest BCUT2D eigenvalue weighted by Gasteiger charge is 2.35. The Kier molecular flexibility index (Phi) is 8.00. The predicted octanol–water partition coefficient (Wildman–Crippen LogP) is 1.63. The number of hydrogen-bond donors (Lipinski definition) is 0. The summed E-state index contributed by atoms with van der Waals surface area (Å²) in [6.07, 6.45) is 2.65. The molecule has 0 unspecified atom stereocenters. The van der Waals surface area contributed by atoms with E-state index >= 15 is 0 Å². The first-order valence-corrected chi connectivity index (χ1v) is 8.98. The molecule has 0 rings (SSSR count). The molecule has 0 aliphatic rings. The second-order valence-corrected chi connectivity index (χ2v) is 8.06. The summed E-state index contributed by atoms with van der Waals surface area (Å²) in [5.74, 6) is 0. The van der Waals surface area contributed by atoms with Crippen molar-refractivity contribution in [3.05, 3.63) is 0 Å². The second-order valence-electron chi connectivity index (χ2n) is 3.90. The predicted molar refractivity (Wildman–Crippen MR) is 69.0 cm³/mol. The normalized spacial score (nSPS) is 13.1. The summed E-state index contributed by atoms with van der Waals surface area (Å²) >= 11 is 0. The summed E-state index contributed by atoms with van der Waals surface area (Å²) in [6, 6.07) is 0. The highest BCUT2D eigenvalue weighted by molar-refractivity contribution is 8.04. The van der Waals surface area contributed by atoms with E-state index < -0.39 is 24.8 Å². The molecule has 6 nitrogen and oxygen atoms in total.